The third-order valence-corrected chi connectivity index (χ3v) is 5.84. The molecule has 0 saturated carbocycles. The Morgan fingerprint density at radius 3 is 2.70 bits per heavy atom. The highest BCUT2D eigenvalue weighted by Crippen LogP contribution is 2.35. The number of ether oxygens (including phenoxy) is 3. The minimum Gasteiger partial charge on any atom is -0.493 e. The average Bonchev–Trinajstić information content (AvgIpc) is 2.99. The lowest BCUT2D eigenvalue weighted by Crippen LogP contribution is -2.30. The summed E-state index contributed by atoms with van der Waals surface area (Å²) in [7, 11) is 1.60. The van der Waals surface area contributed by atoms with Crippen LogP contribution < -0.4 is 9.47 Å². The summed E-state index contributed by atoms with van der Waals surface area (Å²) < 4.78 is 16.6. The second kappa shape index (κ2) is 12.6. The Labute approximate surface area is 187 Å². The van der Waals surface area contributed by atoms with Crippen LogP contribution in [0.15, 0.2) is 23.1 Å². The molecule has 1 fully saturated rings. The molecule has 1 aromatic rings. The molecule has 1 aliphatic heterocycles. The van der Waals surface area contributed by atoms with Crippen molar-refractivity contribution in [3.05, 3.63) is 28.7 Å². The SMILES string of the molecule is CCCCCCOc1ccc(/C=C2\SC(=S)N(CCC(=O)OCC)C2=O)cc1OC. The van der Waals surface area contributed by atoms with Crippen molar-refractivity contribution in [2.24, 2.45) is 0 Å². The van der Waals surface area contributed by atoms with Gasteiger partial charge >= 0.3 is 5.97 Å². The monoisotopic (exact) mass is 451 g/mol. The van der Waals surface area contributed by atoms with Gasteiger partial charge in [0.15, 0.2) is 11.5 Å². The molecule has 1 amide bonds. The van der Waals surface area contributed by atoms with E-state index in [9.17, 15) is 9.59 Å². The minimum atomic E-state index is -0.342. The molecular formula is C22H29NO5S2. The zero-order valence-corrected chi connectivity index (χ0v) is 19.4. The fraction of sp³-hybridized carbons (Fsp3) is 0.500. The van der Waals surface area contributed by atoms with Crippen molar-refractivity contribution in [2.75, 3.05) is 26.9 Å². The number of carbonyl (C=O) groups is 2. The van der Waals surface area contributed by atoms with Crippen LogP contribution in [0.3, 0.4) is 0 Å². The van der Waals surface area contributed by atoms with E-state index >= 15 is 0 Å². The maximum Gasteiger partial charge on any atom is 0.307 e. The van der Waals surface area contributed by atoms with Crippen LogP contribution in [0.4, 0.5) is 0 Å². The fourth-order valence-electron chi connectivity index (χ4n) is 2.88. The van der Waals surface area contributed by atoms with E-state index in [1.54, 1.807) is 20.1 Å². The lowest BCUT2D eigenvalue weighted by molar-refractivity contribution is -0.143. The van der Waals surface area contributed by atoms with Crippen LogP contribution in [-0.2, 0) is 14.3 Å². The first-order chi connectivity index (χ1) is 14.5. The number of thiocarbonyl (C=S) groups is 1. The van der Waals surface area contributed by atoms with Crippen LogP contribution in [0, 0.1) is 0 Å². The van der Waals surface area contributed by atoms with Crippen molar-refractivity contribution in [3.63, 3.8) is 0 Å². The molecule has 0 spiro atoms. The van der Waals surface area contributed by atoms with Gasteiger partial charge in [-0.3, -0.25) is 14.5 Å². The number of amides is 1. The number of unbranched alkanes of at least 4 members (excludes halogenated alkanes) is 3. The summed E-state index contributed by atoms with van der Waals surface area (Å²) >= 11 is 6.53. The highest BCUT2D eigenvalue weighted by Gasteiger charge is 2.32. The van der Waals surface area contributed by atoms with Gasteiger partial charge in [-0.2, -0.15) is 0 Å². The number of esters is 1. The van der Waals surface area contributed by atoms with Gasteiger partial charge in [-0.05, 0) is 37.1 Å². The van der Waals surface area contributed by atoms with Crippen LogP contribution in [0.25, 0.3) is 6.08 Å². The highest BCUT2D eigenvalue weighted by atomic mass is 32.2. The van der Waals surface area contributed by atoms with Gasteiger partial charge in [-0.1, -0.05) is 56.2 Å². The number of hydrogen-bond donors (Lipinski definition) is 0. The van der Waals surface area contributed by atoms with Gasteiger partial charge in [0.1, 0.15) is 4.32 Å². The molecule has 1 heterocycles. The number of benzene rings is 1. The summed E-state index contributed by atoms with van der Waals surface area (Å²) in [5.74, 6) is 0.764. The Kier molecular flexibility index (Phi) is 10.2. The number of carbonyl (C=O) groups excluding carboxylic acids is 2. The number of rotatable bonds is 12. The van der Waals surface area contributed by atoms with Gasteiger partial charge in [0.05, 0.1) is 31.6 Å². The molecule has 0 radical (unpaired) electrons. The first-order valence-electron chi connectivity index (χ1n) is 10.2. The smallest absolute Gasteiger partial charge is 0.307 e. The molecule has 2 rings (SSSR count). The summed E-state index contributed by atoms with van der Waals surface area (Å²) in [6.45, 7) is 5.11. The summed E-state index contributed by atoms with van der Waals surface area (Å²) in [5.41, 5.74) is 0.816. The van der Waals surface area contributed by atoms with Gasteiger partial charge in [-0.25, -0.2) is 0 Å². The molecule has 1 aromatic carbocycles. The summed E-state index contributed by atoms with van der Waals surface area (Å²) in [6.07, 6.45) is 6.44. The molecular weight excluding hydrogens is 422 g/mol. The molecule has 30 heavy (non-hydrogen) atoms. The molecule has 0 aromatic heterocycles. The van der Waals surface area contributed by atoms with Crippen molar-refractivity contribution in [3.8, 4) is 11.5 Å². The molecule has 0 bridgehead atoms. The number of hydrogen-bond acceptors (Lipinski definition) is 7. The molecule has 0 unspecified atom stereocenters. The van der Waals surface area contributed by atoms with Crippen molar-refractivity contribution < 1.29 is 23.8 Å². The topological polar surface area (TPSA) is 65.1 Å². The van der Waals surface area contributed by atoms with Gasteiger partial charge in [0.2, 0.25) is 0 Å². The first kappa shape index (κ1) is 24.2. The Balaban J connectivity index is 2.02. The first-order valence-corrected chi connectivity index (χ1v) is 11.4. The molecule has 1 aliphatic rings. The molecule has 0 atom stereocenters. The van der Waals surface area contributed by atoms with Gasteiger partial charge < -0.3 is 14.2 Å². The van der Waals surface area contributed by atoms with Crippen molar-refractivity contribution in [1.82, 2.24) is 4.90 Å². The quantitative estimate of drug-likeness (QED) is 0.196. The van der Waals surface area contributed by atoms with E-state index in [0.29, 0.717) is 33.9 Å². The largest absolute Gasteiger partial charge is 0.493 e. The van der Waals surface area contributed by atoms with Crippen molar-refractivity contribution >= 4 is 46.3 Å². The molecule has 0 aliphatic carbocycles. The van der Waals surface area contributed by atoms with Gasteiger partial charge in [0, 0.05) is 6.54 Å². The Bertz CT molecular complexity index is 794. The number of methoxy groups -OCH3 is 1. The van der Waals surface area contributed by atoms with E-state index in [1.807, 2.05) is 18.2 Å². The highest BCUT2D eigenvalue weighted by molar-refractivity contribution is 8.26. The number of thioether (sulfide) groups is 1. The van der Waals surface area contributed by atoms with Crippen LogP contribution in [0.5, 0.6) is 11.5 Å². The Morgan fingerprint density at radius 1 is 1.20 bits per heavy atom. The van der Waals surface area contributed by atoms with Gasteiger partial charge in [0.25, 0.3) is 5.91 Å². The van der Waals surface area contributed by atoms with E-state index in [-0.39, 0.29) is 24.8 Å². The standard InChI is InChI=1S/C22H29NO5S2/c1-4-6-7-8-13-28-17-10-9-16(14-18(17)26-3)15-19-21(25)23(22(29)30-19)12-11-20(24)27-5-2/h9-10,14-15H,4-8,11-13H2,1-3H3/b19-15-. The van der Waals surface area contributed by atoms with Gasteiger partial charge in [-0.15, -0.1) is 0 Å². The van der Waals surface area contributed by atoms with Crippen LogP contribution in [-0.4, -0.2) is 48.0 Å². The van der Waals surface area contributed by atoms with E-state index in [4.69, 9.17) is 26.4 Å². The van der Waals surface area contributed by atoms with Crippen molar-refractivity contribution in [2.45, 2.75) is 46.0 Å². The van der Waals surface area contributed by atoms with Crippen LogP contribution in [0.1, 0.15) is 51.5 Å². The fourth-order valence-corrected chi connectivity index (χ4v) is 4.19. The van der Waals surface area contributed by atoms with E-state index < -0.39 is 0 Å². The van der Waals surface area contributed by atoms with E-state index in [2.05, 4.69) is 6.92 Å². The minimum absolute atomic E-state index is 0.117. The molecule has 6 nitrogen and oxygen atoms in total. The third kappa shape index (κ3) is 7.02. The predicted molar refractivity (Wildman–Crippen MR) is 124 cm³/mol. The van der Waals surface area contributed by atoms with E-state index in [0.717, 1.165) is 18.4 Å². The lowest BCUT2D eigenvalue weighted by atomic mass is 10.1. The van der Waals surface area contributed by atoms with E-state index in [1.165, 1.54) is 29.5 Å². The zero-order chi connectivity index (χ0) is 21.9. The summed E-state index contributed by atoms with van der Waals surface area (Å²) in [5, 5.41) is 0. The normalized spacial score (nSPS) is 15.0. The third-order valence-electron chi connectivity index (χ3n) is 4.46. The summed E-state index contributed by atoms with van der Waals surface area (Å²) in [6, 6.07) is 5.58. The zero-order valence-electron chi connectivity index (χ0n) is 17.8. The number of nitrogens with zero attached hydrogens (tertiary/aromatic N) is 1. The second-order valence-electron chi connectivity index (χ2n) is 6.71. The van der Waals surface area contributed by atoms with Crippen LogP contribution in [0.2, 0.25) is 0 Å². The molecule has 8 heteroatoms. The maximum atomic E-state index is 12.7. The summed E-state index contributed by atoms with van der Waals surface area (Å²) in [4.78, 5) is 26.2. The predicted octanol–water partition coefficient (Wildman–Crippen LogP) is 4.81. The molecule has 164 valence electrons. The second-order valence-corrected chi connectivity index (χ2v) is 8.38. The lowest BCUT2D eigenvalue weighted by Gasteiger charge is -2.13. The van der Waals surface area contributed by atoms with Crippen molar-refractivity contribution in [1.29, 1.82) is 0 Å². The Hall–Kier alpha value is -2.06. The average molecular weight is 452 g/mol. The molecule has 1 saturated heterocycles. The van der Waals surface area contributed by atoms with Crippen LogP contribution >= 0.6 is 24.0 Å². The molecule has 0 N–H and O–H groups in total. The Morgan fingerprint density at radius 2 is 2.00 bits per heavy atom. The maximum absolute atomic E-state index is 12.7.